The molecule has 0 spiro atoms. The molecule has 2 fully saturated rings. The van der Waals surface area contributed by atoms with Crippen LogP contribution in [0, 0.1) is 0 Å². The molecule has 0 bridgehead atoms. The fourth-order valence-corrected chi connectivity index (χ4v) is 4.82. The summed E-state index contributed by atoms with van der Waals surface area (Å²) >= 11 is 0. The second-order valence-electron chi connectivity index (χ2n) is 5.93. The van der Waals surface area contributed by atoms with Crippen LogP contribution in [0.3, 0.4) is 0 Å². The van der Waals surface area contributed by atoms with E-state index >= 15 is 0 Å². The summed E-state index contributed by atoms with van der Waals surface area (Å²) in [4.78, 5) is 6.38. The summed E-state index contributed by atoms with van der Waals surface area (Å²) in [5, 5.41) is 11.3. The summed E-state index contributed by atoms with van der Waals surface area (Å²) in [6.45, 7) is 0. The lowest BCUT2D eigenvalue weighted by Crippen LogP contribution is -2.33. The lowest BCUT2D eigenvalue weighted by Gasteiger charge is -2.24. The maximum absolute atomic E-state index is 11.6. The molecule has 1 N–H and O–H groups in total. The summed E-state index contributed by atoms with van der Waals surface area (Å²) in [5.74, 6) is 1.66. The van der Waals surface area contributed by atoms with Gasteiger partial charge in [0.2, 0.25) is 5.95 Å². The van der Waals surface area contributed by atoms with Crippen LogP contribution in [0.15, 0.2) is 6.20 Å². The van der Waals surface area contributed by atoms with Crippen LogP contribution in [0.1, 0.15) is 32.1 Å². The van der Waals surface area contributed by atoms with Crippen LogP contribution in [-0.2, 0) is 9.84 Å². The highest BCUT2D eigenvalue weighted by Crippen LogP contribution is 2.23. The average Bonchev–Trinajstić information content (AvgIpc) is 3.08. The Balaban J connectivity index is 1.70. The van der Waals surface area contributed by atoms with E-state index in [4.69, 9.17) is 0 Å². The average molecular weight is 311 g/mol. The van der Waals surface area contributed by atoms with Gasteiger partial charge in [0.25, 0.3) is 0 Å². The molecule has 1 aromatic rings. The Morgan fingerprint density at radius 1 is 1.29 bits per heavy atom. The lowest BCUT2D eigenvalue weighted by molar-refractivity contribution is 0.600. The minimum Gasteiger partial charge on any atom is -0.354 e. The van der Waals surface area contributed by atoms with Crippen molar-refractivity contribution in [2.45, 2.75) is 44.2 Å². The van der Waals surface area contributed by atoms with Crippen molar-refractivity contribution in [1.29, 1.82) is 0 Å². The standard InChI is InChI=1S/C13H21N5O2S/c1-18(11-6-7-21(19,20)9-11)12-8-14-17-13(16-12)15-10-4-2-3-5-10/h8,10-11H,2-7,9H2,1H3,(H,15,16,17). The van der Waals surface area contributed by atoms with Crippen LogP contribution in [0.5, 0.6) is 0 Å². The maximum Gasteiger partial charge on any atom is 0.244 e. The highest BCUT2D eigenvalue weighted by molar-refractivity contribution is 7.91. The van der Waals surface area contributed by atoms with Crippen LogP contribution in [-0.4, -0.2) is 54.2 Å². The Morgan fingerprint density at radius 2 is 2.05 bits per heavy atom. The van der Waals surface area contributed by atoms with Gasteiger partial charge in [0.15, 0.2) is 15.7 Å². The minimum atomic E-state index is -2.90. The Hall–Kier alpha value is -1.44. The van der Waals surface area contributed by atoms with Gasteiger partial charge in [0, 0.05) is 19.1 Å². The van der Waals surface area contributed by atoms with Gasteiger partial charge < -0.3 is 10.2 Å². The topological polar surface area (TPSA) is 88.1 Å². The number of hydrogen-bond acceptors (Lipinski definition) is 7. The van der Waals surface area contributed by atoms with Crippen LogP contribution in [0.4, 0.5) is 11.8 Å². The molecule has 0 aromatic carbocycles. The molecule has 0 radical (unpaired) electrons. The van der Waals surface area contributed by atoms with E-state index < -0.39 is 9.84 Å². The van der Waals surface area contributed by atoms with Gasteiger partial charge >= 0.3 is 0 Å². The molecule has 1 aromatic heterocycles. The molecule has 1 atom stereocenters. The molecule has 8 heteroatoms. The molecular weight excluding hydrogens is 290 g/mol. The quantitative estimate of drug-likeness (QED) is 0.881. The Kier molecular flexibility index (Phi) is 3.97. The van der Waals surface area contributed by atoms with Gasteiger partial charge in [-0.2, -0.15) is 10.1 Å². The molecule has 1 aliphatic heterocycles. The number of aromatic nitrogens is 3. The summed E-state index contributed by atoms with van der Waals surface area (Å²) < 4.78 is 23.2. The largest absolute Gasteiger partial charge is 0.354 e. The van der Waals surface area contributed by atoms with Crippen LogP contribution >= 0.6 is 0 Å². The summed E-state index contributed by atoms with van der Waals surface area (Å²) in [6, 6.07) is 0.408. The Labute approximate surface area is 125 Å². The van der Waals surface area contributed by atoms with Crippen molar-refractivity contribution in [2.24, 2.45) is 0 Å². The van der Waals surface area contributed by atoms with Gasteiger partial charge in [0.1, 0.15) is 0 Å². The van der Waals surface area contributed by atoms with Gasteiger partial charge in [0.05, 0.1) is 17.7 Å². The minimum absolute atomic E-state index is 0.0222. The third-order valence-corrected chi connectivity index (χ3v) is 6.10. The van der Waals surface area contributed by atoms with E-state index in [1.807, 2.05) is 11.9 Å². The summed E-state index contributed by atoms with van der Waals surface area (Å²) in [6.07, 6.45) is 7.00. The van der Waals surface area contributed by atoms with Gasteiger partial charge in [-0.05, 0) is 19.3 Å². The fourth-order valence-electron chi connectivity index (χ4n) is 3.05. The number of sulfone groups is 1. The third kappa shape index (κ3) is 3.42. The number of anilines is 2. The molecule has 2 heterocycles. The molecule has 21 heavy (non-hydrogen) atoms. The zero-order chi connectivity index (χ0) is 14.9. The highest BCUT2D eigenvalue weighted by atomic mass is 32.2. The Morgan fingerprint density at radius 3 is 2.71 bits per heavy atom. The van der Waals surface area contributed by atoms with Gasteiger partial charge in [-0.1, -0.05) is 12.8 Å². The molecule has 1 saturated carbocycles. The van der Waals surface area contributed by atoms with Crippen LogP contribution < -0.4 is 10.2 Å². The van der Waals surface area contributed by atoms with Crippen LogP contribution in [0.2, 0.25) is 0 Å². The normalized spacial score (nSPS) is 25.1. The van der Waals surface area contributed by atoms with Crippen molar-refractivity contribution in [3.8, 4) is 0 Å². The van der Waals surface area contributed by atoms with Crippen molar-refractivity contribution < 1.29 is 8.42 Å². The highest BCUT2D eigenvalue weighted by Gasteiger charge is 2.31. The molecule has 1 saturated heterocycles. The van der Waals surface area contributed by atoms with E-state index in [0.717, 1.165) is 12.8 Å². The summed E-state index contributed by atoms with van der Waals surface area (Å²) in [5.41, 5.74) is 0. The molecule has 116 valence electrons. The first kappa shape index (κ1) is 14.5. The first-order valence-corrected chi connectivity index (χ1v) is 9.25. The SMILES string of the molecule is CN(c1cnnc(NC2CCCC2)n1)C1CCS(=O)(=O)C1. The van der Waals surface area contributed by atoms with Crippen molar-refractivity contribution in [3.05, 3.63) is 6.20 Å². The van der Waals surface area contributed by atoms with E-state index in [1.54, 1.807) is 6.20 Å². The van der Waals surface area contributed by atoms with Crippen molar-refractivity contribution >= 4 is 21.6 Å². The zero-order valence-corrected chi connectivity index (χ0v) is 13.0. The fraction of sp³-hybridized carbons (Fsp3) is 0.769. The van der Waals surface area contributed by atoms with Crippen molar-refractivity contribution in [3.63, 3.8) is 0 Å². The second-order valence-corrected chi connectivity index (χ2v) is 8.16. The molecule has 1 unspecified atom stereocenters. The number of nitrogens with one attached hydrogen (secondary N) is 1. The molecule has 1 aliphatic carbocycles. The third-order valence-electron chi connectivity index (χ3n) is 4.35. The van der Waals surface area contributed by atoms with E-state index in [0.29, 0.717) is 24.2 Å². The molecule has 7 nitrogen and oxygen atoms in total. The summed E-state index contributed by atoms with van der Waals surface area (Å²) in [7, 11) is -1.03. The maximum atomic E-state index is 11.6. The first-order valence-electron chi connectivity index (χ1n) is 7.43. The zero-order valence-electron chi connectivity index (χ0n) is 12.2. The van der Waals surface area contributed by atoms with Gasteiger partial charge in [-0.15, -0.1) is 5.10 Å². The lowest BCUT2D eigenvalue weighted by atomic mass is 10.2. The first-order chi connectivity index (χ1) is 10.0. The van der Waals surface area contributed by atoms with Crippen molar-refractivity contribution in [1.82, 2.24) is 15.2 Å². The molecule has 0 amide bonds. The van der Waals surface area contributed by atoms with E-state index in [2.05, 4.69) is 20.5 Å². The number of hydrogen-bond donors (Lipinski definition) is 1. The molecule has 3 rings (SSSR count). The predicted molar refractivity (Wildman–Crippen MR) is 81.2 cm³/mol. The van der Waals surface area contributed by atoms with E-state index in [1.165, 1.54) is 12.8 Å². The smallest absolute Gasteiger partial charge is 0.244 e. The predicted octanol–water partition coefficient (Wildman–Crippen LogP) is 0.849. The van der Waals surface area contributed by atoms with Crippen LogP contribution in [0.25, 0.3) is 0 Å². The monoisotopic (exact) mass is 311 g/mol. The van der Waals surface area contributed by atoms with E-state index in [9.17, 15) is 8.42 Å². The molecule has 2 aliphatic rings. The van der Waals surface area contributed by atoms with E-state index in [-0.39, 0.29) is 17.5 Å². The second kappa shape index (κ2) is 5.75. The molecular formula is C13H21N5O2S. The van der Waals surface area contributed by atoms with Gasteiger partial charge in [-0.25, -0.2) is 8.42 Å². The Bertz CT molecular complexity index is 600. The van der Waals surface area contributed by atoms with Crippen molar-refractivity contribution in [2.75, 3.05) is 28.8 Å². The number of rotatable bonds is 4. The number of nitrogens with zero attached hydrogens (tertiary/aromatic N) is 4. The van der Waals surface area contributed by atoms with Gasteiger partial charge in [-0.3, -0.25) is 0 Å².